The van der Waals surface area contributed by atoms with Gasteiger partial charge in [-0.1, -0.05) is 0 Å². The molecule has 0 radical (unpaired) electrons. The molecular formula is C15H22NO8+. The average molecular weight is 344 g/mol. The molecule has 0 amide bonds. The number of ether oxygens (including phenoxy) is 2. The van der Waals surface area contributed by atoms with Gasteiger partial charge in [0.15, 0.2) is 12.3 Å². The number of carboxylic acids is 2. The molecule has 0 aliphatic carbocycles. The molecule has 0 bridgehead atoms. The van der Waals surface area contributed by atoms with E-state index in [2.05, 4.69) is 0 Å². The Labute approximate surface area is 138 Å². The summed E-state index contributed by atoms with van der Waals surface area (Å²) in [4.78, 5) is 33.0. The molecule has 2 rings (SSSR count). The fourth-order valence-electron chi connectivity index (χ4n) is 2.84. The highest BCUT2D eigenvalue weighted by atomic mass is 16.6. The van der Waals surface area contributed by atoms with Crippen molar-refractivity contribution in [2.24, 2.45) is 5.92 Å². The minimum atomic E-state index is -1.77. The van der Waals surface area contributed by atoms with Gasteiger partial charge in [0.25, 0.3) is 6.23 Å². The van der Waals surface area contributed by atoms with E-state index in [1.54, 1.807) is 6.21 Å². The van der Waals surface area contributed by atoms with Crippen LogP contribution in [0.15, 0.2) is 0 Å². The minimum absolute atomic E-state index is 0.0160. The fourth-order valence-corrected chi connectivity index (χ4v) is 2.84. The number of carbonyl (C=O) groups excluding carboxylic acids is 1. The van der Waals surface area contributed by atoms with Crippen LogP contribution in [0.2, 0.25) is 0 Å². The zero-order valence-electron chi connectivity index (χ0n) is 13.2. The van der Waals surface area contributed by atoms with Gasteiger partial charge in [0.1, 0.15) is 19.1 Å². The Morgan fingerprint density at radius 1 is 1.25 bits per heavy atom. The maximum Gasteiger partial charge on any atom is 0.333 e. The monoisotopic (exact) mass is 344 g/mol. The van der Waals surface area contributed by atoms with Gasteiger partial charge in [-0.25, -0.2) is 9.37 Å². The zero-order chi connectivity index (χ0) is 17.7. The van der Waals surface area contributed by atoms with Crippen molar-refractivity contribution in [1.82, 2.24) is 0 Å². The van der Waals surface area contributed by atoms with Crippen molar-refractivity contribution in [1.29, 1.82) is 0 Å². The largest absolute Gasteiger partial charge is 0.481 e. The van der Waals surface area contributed by atoms with Gasteiger partial charge < -0.3 is 24.8 Å². The normalized spacial score (nSPS) is 28.0. The number of aliphatic hydroxyl groups excluding tert-OH is 1. The molecule has 9 heteroatoms. The van der Waals surface area contributed by atoms with Crippen LogP contribution in [-0.4, -0.2) is 75.6 Å². The summed E-state index contributed by atoms with van der Waals surface area (Å²) in [5.74, 6) is -3.62. The maximum absolute atomic E-state index is 11.4. The molecule has 1 fully saturated rings. The van der Waals surface area contributed by atoms with Gasteiger partial charge in [0.2, 0.25) is 0 Å². The SMILES string of the molecule is O=C(C[C@H](O)C(=O)O)OC[C@@H]1CC[C@H]([N+]2=CC(C(=O)O)CCC2)O1. The number of carboxylic acid groups (broad SMARTS) is 2. The van der Waals surface area contributed by atoms with Gasteiger partial charge in [0.05, 0.1) is 12.5 Å². The van der Waals surface area contributed by atoms with Gasteiger partial charge in [0, 0.05) is 12.8 Å². The van der Waals surface area contributed by atoms with Crippen LogP contribution >= 0.6 is 0 Å². The molecule has 0 aromatic carbocycles. The van der Waals surface area contributed by atoms with Crippen molar-refractivity contribution in [3.05, 3.63) is 0 Å². The molecule has 2 heterocycles. The topological polar surface area (TPSA) is 133 Å². The molecule has 9 nitrogen and oxygen atoms in total. The van der Waals surface area contributed by atoms with E-state index in [0.29, 0.717) is 19.3 Å². The molecule has 3 N–H and O–H groups in total. The van der Waals surface area contributed by atoms with E-state index in [0.717, 1.165) is 13.0 Å². The molecule has 24 heavy (non-hydrogen) atoms. The van der Waals surface area contributed by atoms with Crippen molar-refractivity contribution >= 4 is 24.1 Å². The van der Waals surface area contributed by atoms with Gasteiger partial charge >= 0.3 is 17.9 Å². The van der Waals surface area contributed by atoms with E-state index >= 15 is 0 Å². The van der Waals surface area contributed by atoms with E-state index < -0.39 is 36.4 Å². The summed E-state index contributed by atoms with van der Waals surface area (Å²) >= 11 is 0. The number of hydrogen-bond donors (Lipinski definition) is 3. The molecule has 4 atom stereocenters. The summed E-state index contributed by atoms with van der Waals surface area (Å²) in [5.41, 5.74) is 0. The van der Waals surface area contributed by atoms with Crippen LogP contribution in [0.3, 0.4) is 0 Å². The molecule has 1 saturated heterocycles. The Kier molecular flexibility index (Phi) is 6.27. The summed E-state index contributed by atoms with van der Waals surface area (Å²) in [6.45, 7) is 0.712. The first-order valence-corrected chi connectivity index (χ1v) is 7.92. The van der Waals surface area contributed by atoms with Crippen LogP contribution < -0.4 is 0 Å². The van der Waals surface area contributed by atoms with E-state index in [-0.39, 0.29) is 18.9 Å². The van der Waals surface area contributed by atoms with Crippen LogP contribution in [0.5, 0.6) is 0 Å². The summed E-state index contributed by atoms with van der Waals surface area (Å²) in [6.07, 6.45) is 1.50. The van der Waals surface area contributed by atoms with Crippen molar-refractivity contribution in [2.75, 3.05) is 13.2 Å². The number of esters is 1. The lowest BCUT2D eigenvalue weighted by atomic mass is 10.0. The highest BCUT2D eigenvalue weighted by Gasteiger charge is 2.36. The third-order valence-corrected chi connectivity index (χ3v) is 4.15. The first kappa shape index (κ1) is 18.3. The second kappa shape index (κ2) is 8.20. The molecule has 1 unspecified atom stereocenters. The van der Waals surface area contributed by atoms with Crippen LogP contribution in [0.4, 0.5) is 0 Å². The Hall–Kier alpha value is -2.00. The van der Waals surface area contributed by atoms with Crippen molar-refractivity contribution in [3.8, 4) is 0 Å². The molecule has 2 aliphatic rings. The second-order valence-electron chi connectivity index (χ2n) is 6.01. The number of aliphatic hydroxyl groups is 1. The highest BCUT2D eigenvalue weighted by molar-refractivity contribution is 5.86. The third-order valence-electron chi connectivity index (χ3n) is 4.15. The lowest BCUT2D eigenvalue weighted by Crippen LogP contribution is -2.36. The Bertz CT molecular complexity index is 532. The van der Waals surface area contributed by atoms with Crippen molar-refractivity contribution in [2.45, 2.75) is 50.5 Å². The molecule has 0 spiro atoms. The van der Waals surface area contributed by atoms with Gasteiger partial charge in [-0.2, -0.15) is 0 Å². The lowest BCUT2D eigenvalue weighted by molar-refractivity contribution is -0.610. The summed E-state index contributed by atoms with van der Waals surface area (Å²) in [6, 6.07) is 0. The van der Waals surface area contributed by atoms with Crippen LogP contribution in [0, 0.1) is 5.92 Å². The van der Waals surface area contributed by atoms with E-state index in [1.165, 1.54) is 0 Å². The predicted molar refractivity (Wildman–Crippen MR) is 78.7 cm³/mol. The van der Waals surface area contributed by atoms with Crippen LogP contribution in [0.1, 0.15) is 32.1 Å². The number of carbonyl (C=O) groups is 3. The number of hydrogen-bond acceptors (Lipinski definition) is 6. The Morgan fingerprint density at radius 3 is 2.67 bits per heavy atom. The average Bonchev–Trinajstić information content (AvgIpc) is 3.02. The van der Waals surface area contributed by atoms with Crippen LogP contribution in [0.25, 0.3) is 0 Å². The summed E-state index contributed by atoms with van der Waals surface area (Å²) < 4.78 is 12.6. The minimum Gasteiger partial charge on any atom is -0.481 e. The Morgan fingerprint density at radius 2 is 2.00 bits per heavy atom. The molecule has 0 aromatic heterocycles. The van der Waals surface area contributed by atoms with E-state index in [1.807, 2.05) is 4.58 Å². The molecule has 0 saturated carbocycles. The second-order valence-corrected chi connectivity index (χ2v) is 6.01. The molecule has 0 aromatic rings. The van der Waals surface area contributed by atoms with E-state index in [9.17, 15) is 14.4 Å². The van der Waals surface area contributed by atoms with Gasteiger partial charge in [-0.3, -0.25) is 9.59 Å². The number of rotatable bonds is 7. The van der Waals surface area contributed by atoms with Crippen LogP contribution in [-0.2, 0) is 23.9 Å². The quantitative estimate of drug-likeness (QED) is 0.414. The summed E-state index contributed by atoms with van der Waals surface area (Å²) in [5, 5.41) is 26.7. The van der Waals surface area contributed by atoms with Gasteiger partial charge in [-0.15, -0.1) is 0 Å². The Balaban J connectivity index is 1.78. The standard InChI is InChI=1S/C15H21NO8/c17-11(15(21)22)6-13(18)23-8-10-3-4-12(24-10)16-5-1-2-9(7-16)14(19)20/h7,9-12,17H,1-6,8H2,(H-,19,20,21,22)/p+1/t9?,10-,11-,12+/m0/s1. The van der Waals surface area contributed by atoms with Crippen molar-refractivity contribution in [3.63, 3.8) is 0 Å². The van der Waals surface area contributed by atoms with E-state index in [4.69, 9.17) is 24.8 Å². The zero-order valence-corrected chi connectivity index (χ0v) is 13.2. The number of nitrogens with zero attached hydrogens (tertiary/aromatic N) is 1. The third kappa shape index (κ3) is 5.00. The molecular weight excluding hydrogens is 322 g/mol. The van der Waals surface area contributed by atoms with Gasteiger partial charge in [-0.05, 0) is 12.8 Å². The smallest absolute Gasteiger partial charge is 0.333 e. The van der Waals surface area contributed by atoms with Crippen molar-refractivity contribution < 1.29 is 43.8 Å². The lowest BCUT2D eigenvalue weighted by Gasteiger charge is -2.18. The predicted octanol–water partition coefficient (Wildman–Crippen LogP) is -0.552. The first-order chi connectivity index (χ1) is 11.4. The number of aliphatic carboxylic acids is 2. The first-order valence-electron chi connectivity index (χ1n) is 7.92. The highest BCUT2D eigenvalue weighted by Crippen LogP contribution is 2.23. The maximum atomic E-state index is 11.4. The molecule has 2 aliphatic heterocycles. The fraction of sp³-hybridized carbons (Fsp3) is 0.733. The molecule has 134 valence electrons. The summed E-state index contributed by atoms with van der Waals surface area (Å²) in [7, 11) is 0.